The molecule has 1 aliphatic rings. The largest absolute Gasteiger partial charge is 0.484 e. The van der Waals surface area contributed by atoms with Gasteiger partial charge in [-0.15, -0.1) is 0 Å². The summed E-state index contributed by atoms with van der Waals surface area (Å²) < 4.78 is 5.18. The first kappa shape index (κ1) is 10.4. The first-order valence-corrected chi connectivity index (χ1v) is 5.07. The van der Waals surface area contributed by atoms with Crippen molar-refractivity contribution in [3.05, 3.63) is 58.7 Å². The Morgan fingerprint density at radius 2 is 1.94 bits per heavy atom. The van der Waals surface area contributed by atoms with E-state index in [-0.39, 0.29) is 0 Å². The van der Waals surface area contributed by atoms with Gasteiger partial charge in [-0.2, -0.15) is 0 Å². The molecule has 0 bridgehead atoms. The maximum atomic E-state index is 7.08. The van der Waals surface area contributed by atoms with Crippen LogP contribution in [-0.2, 0) is 17.6 Å². The second kappa shape index (κ2) is 4.63. The quantitative estimate of drug-likeness (QED) is 0.607. The Bertz CT molecular complexity index is 495. The third kappa shape index (κ3) is 2.12. The van der Waals surface area contributed by atoms with Crippen molar-refractivity contribution in [2.45, 2.75) is 12.8 Å². The van der Waals surface area contributed by atoms with Crippen LogP contribution in [0.4, 0.5) is 0 Å². The topological polar surface area (TPSA) is 25.9 Å². The van der Waals surface area contributed by atoms with E-state index in [4.69, 9.17) is 11.3 Å². The summed E-state index contributed by atoms with van der Waals surface area (Å²) in [6, 6.07) is 8.09. The number of methoxy groups -OCH3 is 1. The molecule has 0 spiro atoms. The molecule has 0 saturated heterocycles. The Labute approximate surface area is 94.9 Å². The number of allylic oxidation sites excluding steroid dienone is 1. The van der Waals surface area contributed by atoms with Gasteiger partial charge < -0.3 is 4.74 Å². The molecule has 0 amide bonds. The fourth-order valence-corrected chi connectivity index (χ4v) is 1.69. The zero-order valence-corrected chi connectivity index (χ0v) is 9.10. The fourth-order valence-electron chi connectivity index (χ4n) is 1.69. The summed E-state index contributed by atoms with van der Waals surface area (Å²) in [6.45, 7) is 7.08. The molecular weight excluding hydrogens is 200 g/mol. The summed E-state index contributed by atoms with van der Waals surface area (Å²) in [6.07, 6.45) is 2.94. The van der Waals surface area contributed by atoms with Crippen LogP contribution in [0.25, 0.3) is 4.85 Å². The van der Waals surface area contributed by atoms with E-state index in [1.807, 2.05) is 18.2 Å². The standard InChI is InChI=1S/C13H12N2O/c1-14-12-7-10-5-3-4-6-11(10)8-13(16-2)15-9-12/h3-6,9H,7-8H2,2H3. The average Bonchev–Trinajstić information content (AvgIpc) is 2.30. The number of rotatable bonds is 0. The van der Waals surface area contributed by atoms with Gasteiger partial charge in [-0.3, -0.25) is 0 Å². The van der Waals surface area contributed by atoms with Crippen molar-refractivity contribution in [1.82, 2.24) is 0 Å². The monoisotopic (exact) mass is 212 g/mol. The van der Waals surface area contributed by atoms with E-state index in [0.717, 1.165) is 0 Å². The number of benzene rings is 1. The van der Waals surface area contributed by atoms with Gasteiger partial charge in [0.15, 0.2) is 11.6 Å². The lowest BCUT2D eigenvalue weighted by atomic mass is 10.00. The van der Waals surface area contributed by atoms with Gasteiger partial charge in [0.2, 0.25) is 0 Å². The van der Waals surface area contributed by atoms with E-state index < -0.39 is 0 Å². The summed E-state index contributed by atoms with van der Waals surface area (Å²) in [7, 11) is 1.61. The second-order valence-electron chi connectivity index (χ2n) is 3.58. The van der Waals surface area contributed by atoms with Crippen LogP contribution in [0.5, 0.6) is 0 Å². The molecule has 1 aromatic rings. The molecule has 0 unspecified atom stereocenters. The van der Waals surface area contributed by atoms with Crippen LogP contribution in [0.1, 0.15) is 11.1 Å². The molecule has 0 aliphatic carbocycles. The third-order valence-electron chi connectivity index (χ3n) is 2.57. The first-order valence-electron chi connectivity index (χ1n) is 5.07. The van der Waals surface area contributed by atoms with Crippen LogP contribution < -0.4 is 0 Å². The lowest BCUT2D eigenvalue weighted by Gasteiger charge is -2.12. The minimum Gasteiger partial charge on any atom is -0.484 e. The SMILES string of the molecule is [C-]#[N+]C1=CN=C(OC)Cc2ccccc2C1. The highest BCUT2D eigenvalue weighted by Gasteiger charge is 2.11. The van der Waals surface area contributed by atoms with Gasteiger partial charge in [0.05, 0.1) is 13.7 Å². The predicted octanol–water partition coefficient (Wildman–Crippen LogP) is 2.59. The number of hydrogen-bond donors (Lipinski definition) is 0. The molecule has 2 rings (SSSR count). The Morgan fingerprint density at radius 1 is 1.25 bits per heavy atom. The third-order valence-corrected chi connectivity index (χ3v) is 2.57. The molecule has 1 aromatic carbocycles. The van der Waals surface area contributed by atoms with Crippen molar-refractivity contribution in [2.75, 3.05) is 7.11 Å². The Kier molecular flexibility index (Phi) is 3.02. The van der Waals surface area contributed by atoms with Crippen molar-refractivity contribution in [3.63, 3.8) is 0 Å². The van der Waals surface area contributed by atoms with Crippen LogP contribution in [-0.4, -0.2) is 13.0 Å². The van der Waals surface area contributed by atoms with Crippen LogP contribution in [0.15, 0.2) is 41.2 Å². The average molecular weight is 212 g/mol. The van der Waals surface area contributed by atoms with Gasteiger partial charge in [-0.1, -0.05) is 24.3 Å². The molecule has 0 radical (unpaired) electrons. The summed E-state index contributed by atoms with van der Waals surface area (Å²) in [4.78, 5) is 7.64. The molecule has 16 heavy (non-hydrogen) atoms. The molecule has 3 heteroatoms. The minimum atomic E-state index is 0.640. The number of fused-ring (bicyclic) bond motifs is 1. The van der Waals surface area contributed by atoms with Gasteiger partial charge in [-0.25, -0.2) is 9.84 Å². The zero-order chi connectivity index (χ0) is 11.4. The molecule has 0 atom stereocenters. The molecule has 0 aromatic heterocycles. The lowest BCUT2D eigenvalue weighted by Crippen LogP contribution is -2.09. The second-order valence-corrected chi connectivity index (χ2v) is 3.58. The van der Waals surface area contributed by atoms with Gasteiger partial charge in [-0.05, 0) is 11.1 Å². The number of aliphatic imine (C=N–C) groups is 1. The Morgan fingerprint density at radius 3 is 2.56 bits per heavy atom. The maximum Gasteiger partial charge on any atom is 0.190 e. The summed E-state index contributed by atoms with van der Waals surface area (Å²) in [5, 5.41) is 0. The van der Waals surface area contributed by atoms with Gasteiger partial charge in [0.1, 0.15) is 0 Å². The number of hydrogen-bond acceptors (Lipinski definition) is 2. The van der Waals surface area contributed by atoms with Gasteiger partial charge >= 0.3 is 0 Å². The number of ether oxygens (including phenoxy) is 1. The molecule has 0 fully saturated rings. The van der Waals surface area contributed by atoms with Crippen molar-refractivity contribution >= 4 is 5.90 Å². The maximum absolute atomic E-state index is 7.08. The van der Waals surface area contributed by atoms with Crippen LogP contribution in [0.2, 0.25) is 0 Å². The molecule has 3 nitrogen and oxygen atoms in total. The van der Waals surface area contributed by atoms with Crippen molar-refractivity contribution in [1.29, 1.82) is 0 Å². The van der Waals surface area contributed by atoms with Crippen molar-refractivity contribution in [2.24, 2.45) is 4.99 Å². The number of nitrogens with zero attached hydrogens (tertiary/aromatic N) is 2. The van der Waals surface area contributed by atoms with Gasteiger partial charge in [0, 0.05) is 19.0 Å². The molecular formula is C13H12N2O. The van der Waals surface area contributed by atoms with E-state index in [1.165, 1.54) is 11.1 Å². The van der Waals surface area contributed by atoms with Crippen molar-refractivity contribution < 1.29 is 4.74 Å². The molecule has 0 saturated carbocycles. The summed E-state index contributed by atoms with van der Waals surface area (Å²) in [5.41, 5.74) is 2.99. The molecule has 1 heterocycles. The van der Waals surface area contributed by atoms with Crippen LogP contribution >= 0.6 is 0 Å². The summed E-state index contributed by atoms with van der Waals surface area (Å²) in [5.74, 6) is 0.647. The van der Waals surface area contributed by atoms with E-state index in [0.29, 0.717) is 24.4 Å². The predicted molar refractivity (Wildman–Crippen MR) is 63.0 cm³/mol. The van der Waals surface area contributed by atoms with Crippen LogP contribution in [0.3, 0.4) is 0 Å². The molecule has 1 aliphatic heterocycles. The molecule has 80 valence electrons. The highest BCUT2D eigenvalue weighted by Crippen LogP contribution is 2.18. The summed E-state index contributed by atoms with van der Waals surface area (Å²) >= 11 is 0. The highest BCUT2D eigenvalue weighted by atomic mass is 16.5. The Hall–Kier alpha value is -2.08. The van der Waals surface area contributed by atoms with E-state index >= 15 is 0 Å². The first-order chi connectivity index (χ1) is 7.83. The smallest absolute Gasteiger partial charge is 0.190 e. The van der Waals surface area contributed by atoms with E-state index in [2.05, 4.69) is 15.9 Å². The molecule has 0 N–H and O–H groups in total. The van der Waals surface area contributed by atoms with Gasteiger partial charge in [0.25, 0.3) is 0 Å². The fraction of sp³-hybridized carbons (Fsp3) is 0.231. The van der Waals surface area contributed by atoms with Crippen molar-refractivity contribution in [3.8, 4) is 0 Å². The Balaban J connectivity index is 2.46. The van der Waals surface area contributed by atoms with E-state index in [9.17, 15) is 0 Å². The van der Waals surface area contributed by atoms with E-state index in [1.54, 1.807) is 13.3 Å². The minimum absolute atomic E-state index is 0.640. The highest BCUT2D eigenvalue weighted by molar-refractivity contribution is 5.80. The normalized spacial score (nSPS) is 14.8. The zero-order valence-electron chi connectivity index (χ0n) is 9.10. The van der Waals surface area contributed by atoms with Crippen LogP contribution in [0, 0.1) is 6.57 Å². The lowest BCUT2D eigenvalue weighted by molar-refractivity contribution is 0.393.